The minimum absolute atomic E-state index is 0.172. The zero-order valence-corrected chi connectivity index (χ0v) is 12.2. The van der Waals surface area contributed by atoms with Crippen LogP contribution in [0.5, 0.6) is 5.75 Å². The van der Waals surface area contributed by atoms with Crippen molar-refractivity contribution in [2.75, 3.05) is 0 Å². The lowest BCUT2D eigenvalue weighted by molar-refractivity contribution is 0.136. The number of nitriles is 1. The van der Waals surface area contributed by atoms with Gasteiger partial charge >= 0.3 is 0 Å². The maximum absolute atomic E-state index is 9.42. The van der Waals surface area contributed by atoms with Crippen LogP contribution in [-0.2, 0) is 6.42 Å². The molecule has 0 bridgehead atoms. The number of para-hydroxylation sites is 1. The van der Waals surface area contributed by atoms with Crippen molar-refractivity contribution < 1.29 is 4.74 Å². The summed E-state index contributed by atoms with van der Waals surface area (Å²) in [5.74, 6) is 0.898. The summed E-state index contributed by atoms with van der Waals surface area (Å²) < 4.78 is 6.03. The summed E-state index contributed by atoms with van der Waals surface area (Å²) in [5, 5.41) is 12.8. The van der Waals surface area contributed by atoms with E-state index in [1.165, 1.54) is 5.56 Å². The molecule has 0 fully saturated rings. The zero-order chi connectivity index (χ0) is 14.0. The number of rotatable bonds is 4. The van der Waals surface area contributed by atoms with E-state index >= 15 is 0 Å². The van der Waals surface area contributed by atoms with Crippen molar-refractivity contribution in [3.63, 3.8) is 0 Å². The lowest BCUT2D eigenvalue weighted by atomic mass is 9.98. The van der Waals surface area contributed by atoms with E-state index in [2.05, 4.69) is 45.1 Å². The summed E-state index contributed by atoms with van der Waals surface area (Å²) in [7, 11) is 0. The highest BCUT2D eigenvalue weighted by Gasteiger charge is 2.33. The molecule has 1 heterocycles. The van der Waals surface area contributed by atoms with E-state index in [4.69, 9.17) is 4.74 Å². The van der Waals surface area contributed by atoms with E-state index in [-0.39, 0.29) is 11.6 Å². The molecule has 2 rings (SSSR count). The van der Waals surface area contributed by atoms with Crippen LogP contribution in [0.15, 0.2) is 18.2 Å². The molecule has 3 heteroatoms. The van der Waals surface area contributed by atoms with Crippen LogP contribution in [0, 0.1) is 11.3 Å². The largest absolute Gasteiger partial charge is 0.487 e. The zero-order valence-electron chi connectivity index (χ0n) is 12.2. The van der Waals surface area contributed by atoms with Crippen LogP contribution < -0.4 is 10.1 Å². The average Bonchev–Trinajstić information content (AvgIpc) is 2.69. The molecule has 0 radical (unpaired) electrons. The van der Waals surface area contributed by atoms with Gasteiger partial charge in [0.2, 0.25) is 0 Å². The summed E-state index contributed by atoms with van der Waals surface area (Å²) in [6.07, 6.45) is 1.90. The van der Waals surface area contributed by atoms with Crippen molar-refractivity contribution in [3.8, 4) is 11.8 Å². The molecule has 1 N–H and O–H groups in total. The first-order chi connectivity index (χ1) is 8.96. The van der Waals surface area contributed by atoms with E-state index in [9.17, 15) is 5.26 Å². The Bertz CT molecular complexity index is 502. The maximum atomic E-state index is 9.42. The Kier molecular flexibility index (Phi) is 3.82. The van der Waals surface area contributed by atoms with Gasteiger partial charge in [-0.2, -0.15) is 5.26 Å². The average molecular weight is 258 g/mol. The third-order valence-electron chi connectivity index (χ3n) is 3.63. The number of ether oxygens (including phenoxy) is 1. The first-order valence-electron chi connectivity index (χ1n) is 6.93. The molecule has 1 aliphatic heterocycles. The van der Waals surface area contributed by atoms with Crippen molar-refractivity contribution in [2.24, 2.45) is 0 Å². The van der Waals surface area contributed by atoms with Crippen LogP contribution in [0.1, 0.15) is 51.3 Å². The van der Waals surface area contributed by atoms with Crippen molar-refractivity contribution in [1.82, 2.24) is 5.32 Å². The normalized spacial score (nSPS) is 19.1. The van der Waals surface area contributed by atoms with Crippen LogP contribution in [0.25, 0.3) is 0 Å². The van der Waals surface area contributed by atoms with Gasteiger partial charge in [-0.05, 0) is 32.8 Å². The second-order valence-electron chi connectivity index (χ2n) is 5.91. The highest BCUT2D eigenvalue weighted by molar-refractivity contribution is 5.48. The van der Waals surface area contributed by atoms with Gasteiger partial charge in [-0.1, -0.05) is 25.1 Å². The number of hydrogen-bond donors (Lipinski definition) is 1. The number of nitrogens with zero attached hydrogens (tertiary/aromatic N) is 1. The maximum Gasteiger partial charge on any atom is 0.129 e. The Labute approximate surface area is 115 Å². The number of nitrogens with one attached hydrogen (secondary N) is 1. The third-order valence-corrected chi connectivity index (χ3v) is 3.63. The molecule has 102 valence electrons. The topological polar surface area (TPSA) is 45.0 Å². The van der Waals surface area contributed by atoms with Gasteiger partial charge < -0.3 is 4.74 Å². The molecule has 1 aromatic rings. The van der Waals surface area contributed by atoms with Gasteiger partial charge in [0, 0.05) is 18.0 Å². The smallest absolute Gasteiger partial charge is 0.129 e. The van der Waals surface area contributed by atoms with E-state index in [0.717, 1.165) is 24.2 Å². The van der Waals surface area contributed by atoms with Crippen LogP contribution in [0.3, 0.4) is 0 Å². The monoisotopic (exact) mass is 258 g/mol. The predicted octanol–water partition coefficient (Wildman–Crippen LogP) is 3.35. The third kappa shape index (κ3) is 2.90. The van der Waals surface area contributed by atoms with E-state index in [0.29, 0.717) is 6.04 Å². The minimum atomic E-state index is -0.307. The molecule has 2 atom stereocenters. The first kappa shape index (κ1) is 13.9. The SMILES string of the molecule is CCC(C)NC(C#N)c1cccc2c1OC(C)(C)C2. The van der Waals surface area contributed by atoms with Crippen molar-refractivity contribution in [2.45, 2.75) is 58.2 Å². The molecule has 1 aliphatic rings. The molecule has 0 amide bonds. The van der Waals surface area contributed by atoms with Crippen LogP contribution >= 0.6 is 0 Å². The Morgan fingerprint density at radius 2 is 2.21 bits per heavy atom. The number of hydrogen-bond acceptors (Lipinski definition) is 3. The summed E-state index contributed by atoms with van der Waals surface area (Å²) in [6, 6.07) is 8.45. The first-order valence-corrected chi connectivity index (χ1v) is 6.93. The standard InChI is InChI=1S/C16H22N2O/c1-5-11(2)18-14(10-17)13-8-6-7-12-9-16(3,4)19-15(12)13/h6-8,11,14,18H,5,9H2,1-4H3. The van der Waals surface area contributed by atoms with Crippen molar-refractivity contribution in [3.05, 3.63) is 29.3 Å². The molecule has 19 heavy (non-hydrogen) atoms. The molecule has 0 aliphatic carbocycles. The summed E-state index contributed by atoms with van der Waals surface area (Å²) in [5.41, 5.74) is 1.99. The van der Waals surface area contributed by atoms with Gasteiger partial charge in [0.25, 0.3) is 0 Å². The van der Waals surface area contributed by atoms with Gasteiger partial charge in [-0.3, -0.25) is 5.32 Å². The molecule has 1 aromatic carbocycles. The van der Waals surface area contributed by atoms with Crippen LogP contribution in [0.2, 0.25) is 0 Å². The van der Waals surface area contributed by atoms with Gasteiger partial charge in [0.1, 0.15) is 17.4 Å². The van der Waals surface area contributed by atoms with Gasteiger partial charge in [-0.15, -0.1) is 0 Å². The van der Waals surface area contributed by atoms with Gasteiger partial charge in [0.15, 0.2) is 0 Å². The fourth-order valence-corrected chi connectivity index (χ4v) is 2.47. The molecule has 3 nitrogen and oxygen atoms in total. The summed E-state index contributed by atoms with van der Waals surface area (Å²) >= 11 is 0. The van der Waals surface area contributed by atoms with Gasteiger partial charge in [0.05, 0.1) is 6.07 Å². The fraction of sp³-hybridized carbons (Fsp3) is 0.562. The summed E-state index contributed by atoms with van der Waals surface area (Å²) in [6.45, 7) is 8.37. The van der Waals surface area contributed by atoms with Crippen molar-refractivity contribution >= 4 is 0 Å². The Balaban J connectivity index is 2.32. The lowest BCUT2D eigenvalue weighted by Gasteiger charge is -2.21. The van der Waals surface area contributed by atoms with E-state index < -0.39 is 0 Å². The quantitative estimate of drug-likeness (QED) is 0.900. The van der Waals surface area contributed by atoms with Gasteiger partial charge in [-0.25, -0.2) is 0 Å². The molecule has 0 aromatic heterocycles. The minimum Gasteiger partial charge on any atom is -0.487 e. The Morgan fingerprint density at radius 1 is 1.47 bits per heavy atom. The highest BCUT2D eigenvalue weighted by Crippen LogP contribution is 2.39. The molecule has 2 unspecified atom stereocenters. The van der Waals surface area contributed by atoms with Crippen LogP contribution in [-0.4, -0.2) is 11.6 Å². The lowest BCUT2D eigenvalue weighted by Crippen LogP contribution is -2.30. The number of fused-ring (bicyclic) bond motifs is 1. The summed E-state index contributed by atoms with van der Waals surface area (Å²) in [4.78, 5) is 0. The fourth-order valence-electron chi connectivity index (χ4n) is 2.47. The molecular weight excluding hydrogens is 236 g/mol. The van der Waals surface area contributed by atoms with Crippen molar-refractivity contribution in [1.29, 1.82) is 5.26 Å². The molecular formula is C16H22N2O. The highest BCUT2D eigenvalue weighted by atomic mass is 16.5. The second-order valence-corrected chi connectivity index (χ2v) is 5.91. The Hall–Kier alpha value is -1.53. The Morgan fingerprint density at radius 3 is 2.84 bits per heavy atom. The number of benzene rings is 1. The molecule has 0 saturated carbocycles. The van der Waals surface area contributed by atoms with Crippen LogP contribution in [0.4, 0.5) is 0 Å². The molecule has 0 saturated heterocycles. The second kappa shape index (κ2) is 5.22. The van der Waals surface area contributed by atoms with E-state index in [1.807, 2.05) is 12.1 Å². The van der Waals surface area contributed by atoms with E-state index in [1.54, 1.807) is 0 Å². The molecule has 0 spiro atoms. The predicted molar refractivity (Wildman–Crippen MR) is 76.1 cm³/mol.